The second-order valence-corrected chi connectivity index (χ2v) is 5.43. The quantitative estimate of drug-likeness (QED) is 0.752. The van der Waals surface area contributed by atoms with Crippen molar-refractivity contribution in [3.63, 3.8) is 0 Å². The molecule has 1 rings (SSSR count). The Hall–Kier alpha value is -0.860. The van der Waals surface area contributed by atoms with E-state index in [1.807, 2.05) is 6.07 Å². The van der Waals surface area contributed by atoms with Crippen LogP contribution < -0.4 is 5.73 Å². The molecule has 0 aliphatic heterocycles. The van der Waals surface area contributed by atoms with Crippen molar-refractivity contribution in [2.75, 3.05) is 19.7 Å². The monoisotopic (exact) mass is 280 g/mol. The van der Waals surface area contributed by atoms with Crippen LogP contribution in [-0.2, 0) is 6.54 Å². The van der Waals surface area contributed by atoms with E-state index in [1.165, 1.54) is 4.88 Å². The fourth-order valence-corrected chi connectivity index (χ4v) is 3.08. The summed E-state index contributed by atoms with van der Waals surface area (Å²) >= 11 is 1.73. The fourth-order valence-electron chi connectivity index (χ4n) is 2.23. The Morgan fingerprint density at radius 1 is 1.42 bits per heavy atom. The average molecular weight is 280 g/mol. The summed E-state index contributed by atoms with van der Waals surface area (Å²) in [6, 6.07) is 2.57. The normalized spacial score (nSPS) is 10.8. The Kier molecular flexibility index (Phi) is 7.76. The minimum Gasteiger partial charge on any atom is -0.395 e. The lowest BCUT2D eigenvalue weighted by Crippen LogP contribution is -2.36. The van der Waals surface area contributed by atoms with Crippen molar-refractivity contribution >= 4 is 11.3 Å². The summed E-state index contributed by atoms with van der Waals surface area (Å²) in [5.74, 6) is 6.03. The highest BCUT2D eigenvalue weighted by atomic mass is 32.1. The predicted octanol–water partition coefficient (Wildman–Crippen LogP) is 2.04. The Morgan fingerprint density at radius 2 is 2.16 bits per heavy atom. The van der Waals surface area contributed by atoms with Gasteiger partial charge in [-0.15, -0.1) is 11.3 Å². The number of aliphatic hydroxyl groups excluding tert-OH is 1. The molecule has 1 heterocycles. The van der Waals surface area contributed by atoms with Gasteiger partial charge in [-0.05, 0) is 24.3 Å². The summed E-state index contributed by atoms with van der Waals surface area (Å²) < 4.78 is 0. The van der Waals surface area contributed by atoms with Crippen molar-refractivity contribution in [3.8, 4) is 11.8 Å². The lowest BCUT2D eigenvalue weighted by molar-refractivity contribution is 0.137. The fraction of sp³-hybridized carbons (Fsp3) is 0.600. The molecule has 3 N–H and O–H groups in total. The smallest absolute Gasteiger partial charge is 0.0558 e. The molecule has 0 aliphatic carbocycles. The van der Waals surface area contributed by atoms with Crippen LogP contribution in [0.2, 0.25) is 0 Å². The third-order valence-corrected chi connectivity index (χ3v) is 4.17. The number of aliphatic hydroxyl groups is 1. The minimum atomic E-state index is 0.200. The van der Waals surface area contributed by atoms with Crippen molar-refractivity contribution in [1.29, 1.82) is 0 Å². The van der Waals surface area contributed by atoms with Gasteiger partial charge in [0.2, 0.25) is 0 Å². The van der Waals surface area contributed by atoms with Crippen LogP contribution in [0.1, 0.15) is 37.1 Å². The molecule has 1 aromatic rings. The highest BCUT2D eigenvalue weighted by molar-refractivity contribution is 7.10. The van der Waals surface area contributed by atoms with Crippen LogP contribution in [-0.4, -0.2) is 35.7 Å². The number of hydrogen-bond donors (Lipinski definition) is 2. The summed E-state index contributed by atoms with van der Waals surface area (Å²) in [4.78, 5) is 3.61. The molecule has 19 heavy (non-hydrogen) atoms. The van der Waals surface area contributed by atoms with E-state index in [0.717, 1.165) is 24.9 Å². The second-order valence-electron chi connectivity index (χ2n) is 4.43. The predicted molar refractivity (Wildman–Crippen MR) is 82.1 cm³/mol. The van der Waals surface area contributed by atoms with E-state index >= 15 is 0 Å². The second kappa shape index (κ2) is 9.11. The molecule has 0 aliphatic rings. The van der Waals surface area contributed by atoms with Gasteiger partial charge in [-0.1, -0.05) is 25.7 Å². The number of nitrogens with zero attached hydrogens (tertiary/aromatic N) is 1. The zero-order valence-corrected chi connectivity index (χ0v) is 12.7. The zero-order chi connectivity index (χ0) is 14.1. The van der Waals surface area contributed by atoms with Crippen molar-refractivity contribution < 1.29 is 5.11 Å². The molecule has 1 aromatic heterocycles. The van der Waals surface area contributed by atoms with Crippen LogP contribution in [0.5, 0.6) is 0 Å². The van der Waals surface area contributed by atoms with Crippen molar-refractivity contribution in [2.24, 2.45) is 5.73 Å². The molecule has 4 heteroatoms. The van der Waals surface area contributed by atoms with Gasteiger partial charge in [0.1, 0.15) is 0 Å². The summed E-state index contributed by atoms with van der Waals surface area (Å²) in [5.41, 5.74) is 6.50. The first kappa shape index (κ1) is 16.2. The Balaban J connectivity index is 2.81. The summed E-state index contributed by atoms with van der Waals surface area (Å²) in [5, 5.41) is 11.3. The van der Waals surface area contributed by atoms with Crippen LogP contribution >= 0.6 is 11.3 Å². The lowest BCUT2D eigenvalue weighted by Gasteiger charge is -2.29. The van der Waals surface area contributed by atoms with Crippen LogP contribution in [0.15, 0.2) is 11.4 Å². The van der Waals surface area contributed by atoms with E-state index in [4.69, 9.17) is 5.73 Å². The first-order valence-electron chi connectivity index (χ1n) is 6.86. The van der Waals surface area contributed by atoms with Gasteiger partial charge in [-0.25, -0.2) is 0 Å². The van der Waals surface area contributed by atoms with Gasteiger partial charge in [-0.3, -0.25) is 4.90 Å². The van der Waals surface area contributed by atoms with Gasteiger partial charge in [0.05, 0.1) is 13.2 Å². The number of nitrogens with two attached hydrogens (primary N) is 1. The molecule has 0 saturated carbocycles. The van der Waals surface area contributed by atoms with Crippen LogP contribution in [0.25, 0.3) is 0 Å². The highest BCUT2D eigenvalue weighted by Crippen LogP contribution is 2.21. The van der Waals surface area contributed by atoms with E-state index in [2.05, 4.69) is 36.0 Å². The molecular formula is C15H24N2OS. The maximum Gasteiger partial charge on any atom is 0.0558 e. The number of thiophene rings is 1. The van der Waals surface area contributed by atoms with Gasteiger partial charge in [-0.2, -0.15) is 0 Å². The molecular weight excluding hydrogens is 256 g/mol. The number of hydrogen-bond acceptors (Lipinski definition) is 4. The summed E-state index contributed by atoms with van der Waals surface area (Å²) in [6.07, 6.45) is 2.21. The van der Waals surface area contributed by atoms with Crippen molar-refractivity contribution in [2.45, 2.75) is 39.3 Å². The van der Waals surface area contributed by atoms with E-state index in [9.17, 15) is 5.11 Å². The molecule has 0 fully saturated rings. The first-order valence-corrected chi connectivity index (χ1v) is 7.74. The van der Waals surface area contributed by atoms with Crippen molar-refractivity contribution in [1.82, 2.24) is 4.90 Å². The molecule has 0 bridgehead atoms. The maximum atomic E-state index is 9.23. The molecule has 0 unspecified atom stereocenters. The Labute approximate surface area is 120 Å². The van der Waals surface area contributed by atoms with E-state index < -0.39 is 0 Å². The zero-order valence-electron chi connectivity index (χ0n) is 11.9. The van der Waals surface area contributed by atoms with Gasteiger partial charge in [0.15, 0.2) is 0 Å². The van der Waals surface area contributed by atoms with E-state index in [1.54, 1.807) is 11.3 Å². The molecule has 0 saturated heterocycles. The van der Waals surface area contributed by atoms with E-state index in [0.29, 0.717) is 19.1 Å². The highest BCUT2D eigenvalue weighted by Gasteiger charge is 2.16. The third-order valence-electron chi connectivity index (χ3n) is 3.26. The summed E-state index contributed by atoms with van der Waals surface area (Å²) in [6.45, 7) is 6.56. The maximum absolute atomic E-state index is 9.23. The molecule has 0 aromatic carbocycles. The summed E-state index contributed by atoms with van der Waals surface area (Å²) in [7, 11) is 0. The third kappa shape index (κ3) is 4.96. The van der Waals surface area contributed by atoms with Gasteiger partial charge in [0.25, 0.3) is 0 Å². The molecule has 0 spiro atoms. The largest absolute Gasteiger partial charge is 0.395 e. The van der Waals surface area contributed by atoms with Crippen LogP contribution in [0.4, 0.5) is 0 Å². The Morgan fingerprint density at radius 3 is 2.74 bits per heavy atom. The average Bonchev–Trinajstić information content (AvgIpc) is 2.85. The number of rotatable bonds is 7. The SMILES string of the molecule is CCC(CC)N(CCO)Cc1sccc1C#CCN. The van der Waals surface area contributed by atoms with Crippen LogP contribution in [0.3, 0.4) is 0 Å². The molecule has 0 amide bonds. The topological polar surface area (TPSA) is 49.5 Å². The van der Waals surface area contributed by atoms with Gasteiger partial charge >= 0.3 is 0 Å². The van der Waals surface area contributed by atoms with Gasteiger partial charge < -0.3 is 10.8 Å². The molecule has 0 radical (unpaired) electrons. The van der Waals surface area contributed by atoms with Gasteiger partial charge in [0, 0.05) is 29.6 Å². The minimum absolute atomic E-state index is 0.200. The molecule has 3 nitrogen and oxygen atoms in total. The van der Waals surface area contributed by atoms with Crippen LogP contribution in [0, 0.1) is 11.8 Å². The Bertz CT molecular complexity index is 415. The molecule has 106 valence electrons. The first-order chi connectivity index (χ1) is 9.26. The van der Waals surface area contributed by atoms with E-state index in [-0.39, 0.29) is 6.61 Å². The standard InChI is InChI=1S/C15H24N2OS/c1-3-14(4-2)17(9-10-18)12-15-13(6-5-8-16)7-11-19-15/h7,11,14,18H,3-4,8-10,12,16H2,1-2H3. The van der Waals surface area contributed by atoms with Crippen molar-refractivity contribution in [3.05, 3.63) is 21.9 Å². The lowest BCUT2D eigenvalue weighted by atomic mass is 10.1. The molecule has 0 atom stereocenters.